The molecule has 0 spiro atoms. The molecule has 0 fully saturated rings. The number of hydrogen-bond donors (Lipinski definition) is 2. The molecule has 0 aliphatic rings. The Morgan fingerprint density at radius 1 is 1.56 bits per heavy atom. The molecule has 0 atom stereocenters. The minimum atomic E-state index is -0.610. The number of carbonyl (C=O) groups excluding carboxylic acids is 1. The second-order valence-electron chi connectivity index (χ2n) is 3.01. The highest BCUT2D eigenvalue weighted by molar-refractivity contribution is 6.30. The molecule has 6 heteroatoms. The Kier molecular flexibility index (Phi) is 4.39. The SMILES string of the molecule is COc1cc(Cl)cc(CO)c1OCC(N)=O. The van der Waals surface area contributed by atoms with Crippen molar-refractivity contribution in [2.45, 2.75) is 6.61 Å². The highest BCUT2D eigenvalue weighted by Gasteiger charge is 2.13. The lowest BCUT2D eigenvalue weighted by Gasteiger charge is -2.13. The summed E-state index contributed by atoms with van der Waals surface area (Å²) in [5.41, 5.74) is 5.40. The van der Waals surface area contributed by atoms with Crippen LogP contribution in [0.1, 0.15) is 5.56 Å². The number of amides is 1. The van der Waals surface area contributed by atoms with Crippen LogP contribution in [-0.2, 0) is 11.4 Å². The van der Waals surface area contributed by atoms with Crippen LogP contribution in [0.2, 0.25) is 5.02 Å². The average molecular weight is 246 g/mol. The molecule has 0 saturated carbocycles. The fraction of sp³-hybridized carbons (Fsp3) is 0.300. The van der Waals surface area contributed by atoms with Gasteiger partial charge in [0.1, 0.15) is 0 Å². The van der Waals surface area contributed by atoms with Gasteiger partial charge in [-0.15, -0.1) is 0 Å². The van der Waals surface area contributed by atoms with Crippen LogP contribution in [0.3, 0.4) is 0 Å². The lowest BCUT2D eigenvalue weighted by atomic mass is 10.2. The molecule has 1 aromatic rings. The van der Waals surface area contributed by atoms with Crippen molar-refractivity contribution in [1.82, 2.24) is 0 Å². The van der Waals surface area contributed by atoms with Gasteiger partial charge in [-0.05, 0) is 6.07 Å². The lowest BCUT2D eigenvalue weighted by Crippen LogP contribution is -2.20. The number of primary amides is 1. The van der Waals surface area contributed by atoms with Crippen molar-refractivity contribution in [3.63, 3.8) is 0 Å². The Balaban J connectivity index is 3.06. The third-order valence-electron chi connectivity index (χ3n) is 1.85. The van der Waals surface area contributed by atoms with E-state index in [-0.39, 0.29) is 19.0 Å². The van der Waals surface area contributed by atoms with Gasteiger partial charge in [-0.3, -0.25) is 4.79 Å². The van der Waals surface area contributed by atoms with Gasteiger partial charge < -0.3 is 20.3 Å². The second kappa shape index (κ2) is 5.58. The van der Waals surface area contributed by atoms with Crippen molar-refractivity contribution in [1.29, 1.82) is 0 Å². The average Bonchev–Trinajstić information content (AvgIpc) is 2.25. The maximum atomic E-state index is 10.6. The van der Waals surface area contributed by atoms with Crippen molar-refractivity contribution >= 4 is 17.5 Å². The Morgan fingerprint density at radius 3 is 2.75 bits per heavy atom. The maximum absolute atomic E-state index is 10.6. The van der Waals surface area contributed by atoms with Crippen LogP contribution in [0.5, 0.6) is 11.5 Å². The van der Waals surface area contributed by atoms with E-state index in [1.807, 2.05) is 0 Å². The molecule has 16 heavy (non-hydrogen) atoms. The molecule has 1 amide bonds. The van der Waals surface area contributed by atoms with Gasteiger partial charge >= 0.3 is 0 Å². The summed E-state index contributed by atoms with van der Waals surface area (Å²) in [6.07, 6.45) is 0. The molecule has 1 rings (SSSR count). The predicted octanol–water partition coefficient (Wildman–Crippen LogP) is 0.705. The third kappa shape index (κ3) is 3.01. The van der Waals surface area contributed by atoms with Crippen LogP contribution in [0.4, 0.5) is 0 Å². The standard InChI is InChI=1S/C10H12ClNO4/c1-15-8-3-7(11)2-6(4-13)10(8)16-5-9(12)14/h2-3,13H,4-5H2,1H3,(H2,12,14). The fourth-order valence-corrected chi connectivity index (χ4v) is 1.43. The third-order valence-corrected chi connectivity index (χ3v) is 2.06. The molecule has 0 saturated heterocycles. The van der Waals surface area contributed by atoms with Gasteiger partial charge in [-0.25, -0.2) is 0 Å². The van der Waals surface area contributed by atoms with E-state index in [0.29, 0.717) is 16.3 Å². The van der Waals surface area contributed by atoms with E-state index in [1.165, 1.54) is 19.2 Å². The van der Waals surface area contributed by atoms with Gasteiger partial charge in [0.25, 0.3) is 5.91 Å². The number of carbonyl (C=O) groups is 1. The molecule has 1 aromatic carbocycles. The van der Waals surface area contributed by atoms with E-state index >= 15 is 0 Å². The van der Waals surface area contributed by atoms with E-state index < -0.39 is 5.91 Å². The van der Waals surface area contributed by atoms with Gasteiger partial charge in [0, 0.05) is 16.7 Å². The van der Waals surface area contributed by atoms with Crippen molar-refractivity contribution < 1.29 is 19.4 Å². The molecule has 88 valence electrons. The molecule has 5 nitrogen and oxygen atoms in total. The van der Waals surface area contributed by atoms with Crippen molar-refractivity contribution in [2.75, 3.05) is 13.7 Å². The Hall–Kier alpha value is -1.46. The minimum absolute atomic E-state index is 0.271. The Morgan fingerprint density at radius 2 is 2.25 bits per heavy atom. The molecular weight excluding hydrogens is 234 g/mol. The zero-order valence-electron chi connectivity index (χ0n) is 8.70. The first-order chi connectivity index (χ1) is 7.58. The number of methoxy groups -OCH3 is 1. The van der Waals surface area contributed by atoms with Gasteiger partial charge in [0.15, 0.2) is 18.1 Å². The fourth-order valence-electron chi connectivity index (χ4n) is 1.20. The number of benzene rings is 1. The Labute approximate surface area is 97.7 Å². The largest absolute Gasteiger partial charge is 0.493 e. The predicted molar refractivity (Wildman–Crippen MR) is 58.6 cm³/mol. The van der Waals surface area contributed by atoms with E-state index in [1.54, 1.807) is 0 Å². The smallest absolute Gasteiger partial charge is 0.255 e. The van der Waals surface area contributed by atoms with Gasteiger partial charge in [0.2, 0.25) is 0 Å². The maximum Gasteiger partial charge on any atom is 0.255 e. The van der Waals surface area contributed by atoms with Crippen LogP contribution in [0, 0.1) is 0 Å². The summed E-state index contributed by atoms with van der Waals surface area (Å²) in [4.78, 5) is 10.6. The summed E-state index contributed by atoms with van der Waals surface area (Å²) in [5.74, 6) is 0.00638. The molecule has 0 heterocycles. The lowest BCUT2D eigenvalue weighted by molar-refractivity contribution is -0.120. The summed E-state index contributed by atoms with van der Waals surface area (Å²) < 4.78 is 10.2. The molecule has 0 aliphatic carbocycles. The molecule has 3 N–H and O–H groups in total. The number of rotatable bonds is 5. The number of aliphatic hydroxyl groups is 1. The van der Waals surface area contributed by atoms with E-state index in [4.69, 9.17) is 31.9 Å². The molecule has 0 aliphatic heterocycles. The highest BCUT2D eigenvalue weighted by atomic mass is 35.5. The first-order valence-electron chi connectivity index (χ1n) is 4.46. The molecule has 0 unspecified atom stereocenters. The summed E-state index contributed by atoms with van der Waals surface area (Å²) >= 11 is 5.80. The highest BCUT2D eigenvalue weighted by Crippen LogP contribution is 2.34. The summed E-state index contributed by atoms with van der Waals surface area (Å²) in [5, 5.41) is 9.53. The van der Waals surface area contributed by atoms with E-state index in [9.17, 15) is 4.79 Å². The van der Waals surface area contributed by atoms with Crippen molar-refractivity contribution in [2.24, 2.45) is 5.73 Å². The number of nitrogens with two attached hydrogens (primary N) is 1. The topological polar surface area (TPSA) is 81.8 Å². The van der Waals surface area contributed by atoms with Gasteiger partial charge in [-0.2, -0.15) is 0 Å². The van der Waals surface area contributed by atoms with Crippen LogP contribution in [0.15, 0.2) is 12.1 Å². The molecule has 0 bridgehead atoms. The van der Waals surface area contributed by atoms with E-state index in [0.717, 1.165) is 0 Å². The summed E-state index contributed by atoms with van der Waals surface area (Å²) in [7, 11) is 1.43. The molecule has 0 radical (unpaired) electrons. The monoisotopic (exact) mass is 245 g/mol. The Bertz CT molecular complexity index is 369. The quantitative estimate of drug-likeness (QED) is 0.800. The van der Waals surface area contributed by atoms with Gasteiger partial charge in [0.05, 0.1) is 13.7 Å². The number of hydrogen-bond acceptors (Lipinski definition) is 4. The van der Waals surface area contributed by atoms with Crippen LogP contribution < -0.4 is 15.2 Å². The first-order valence-corrected chi connectivity index (χ1v) is 4.84. The molecular formula is C10H12ClNO4. The zero-order valence-corrected chi connectivity index (χ0v) is 9.45. The number of ether oxygens (including phenoxy) is 2. The molecule has 0 aromatic heterocycles. The van der Waals surface area contributed by atoms with Crippen molar-refractivity contribution in [3.05, 3.63) is 22.7 Å². The number of halogens is 1. The minimum Gasteiger partial charge on any atom is -0.493 e. The summed E-state index contributed by atoms with van der Waals surface area (Å²) in [6, 6.07) is 3.05. The normalized spacial score (nSPS) is 9.94. The van der Waals surface area contributed by atoms with Gasteiger partial charge in [-0.1, -0.05) is 11.6 Å². The zero-order chi connectivity index (χ0) is 12.1. The van der Waals surface area contributed by atoms with Crippen molar-refractivity contribution in [3.8, 4) is 11.5 Å². The second-order valence-corrected chi connectivity index (χ2v) is 3.45. The van der Waals surface area contributed by atoms with Crippen LogP contribution in [-0.4, -0.2) is 24.7 Å². The number of aliphatic hydroxyl groups excluding tert-OH is 1. The van der Waals surface area contributed by atoms with E-state index in [2.05, 4.69) is 0 Å². The van der Waals surface area contributed by atoms with Crippen LogP contribution in [0.25, 0.3) is 0 Å². The first kappa shape index (κ1) is 12.6. The summed E-state index contributed by atoms with van der Waals surface area (Å²) in [6.45, 7) is -0.560. The van der Waals surface area contributed by atoms with Crippen LogP contribution >= 0.6 is 11.6 Å².